The van der Waals surface area contributed by atoms with E-state index in [4.69, 9.17) is 9.47 Å². The number of ether oxygens (including phenoxy) is 2. The average Bonchev–Trinajstić information content (AvgIpc) is 2.60. The van der Waals surface area contributed by atoms with E-state index >= 15 is 0 Å². The molecule has 0 spiro atoms. The Labute approximate surface area is 143 Å². The van der Waals surface area contributed by atoms with E-state index in [1.54, 1.807) is 30.3 Å². The molecular formula is C19H19F3O3. The van der Waals surface area contributed by atoms with Crippen LogP contribution in [0.2, 0.25) is 0 Å². The van der Waals surface area contributed by atoms with Crippen LogP contribution in [0.25, 0.3) is 10.8 Å². The standard InChI is InChI=1S/C19H19F3O3/c1-24-18(23)17-4-2-3-12-11-15(9-10-16(12)17)25-14-7-5-13(6-8-14)19(20,21)22/h2-4,9-11,13-14H,5-8H2,1H3. The van der Waals surface area contributed by atoms with Gasteiger partial charge in [-0.1, -0.05) is 12.1 Å². The van der Waals surface area contributed by atoms with Crippen LogP contribution in [-0.2, 0) is 4.74 Å². The van der Waals surface area contributed by atoms with E-state index in [1.165, 1.54) is 7.11 Å². The molecule has 1 saturated carbocycles. The molecule has 3 nitrogen and oxygen atoms in total. The summed E-state index contributed by atoms with van der Waals surface area (Å²) in [5.41, 5.74) is 0.470. The van der Waals surface area contributed by atoms with Gasteiger partial charge in [0.15, 0.2) is 0 Å². The van der Waals surface area contributed by atoms with Gasteiger partial charge in [-0.25, -0.2) is 4.79 Å². The molecule has 0 saturated heterocycles. The SMILES string of the molecule is COC(=O)c1cccc2cc(OC3CCC(C(F)(F)F)CC3)ccc12. The van der Waals surface area contributed by atoms with E-state index in [0.717, 1.165) is 10.8 Å². The van der Waals surface area contributed by atoms with Crippen molar-refractivity contribution in [3.8, 4) is 5.75 Å². The molecule has 0 aliphatic heterocycles. The zero-order valence-corrected chi connectivity index (χ0v) is 13.8. The lowest BCUT2D eigenvalue weighted by molar-refractivity contribution is -0.185. The second-order valence-electron chi connectivity index (χ2n) is 6.31. The van der Waals surface area contributed by atoms with Crippen molar-refractivity contribution in [1.29, 1.82) is 0 Å². The molecule has 0 heterocycles. The quantitative estimate of drug-likeness (QED) is 0.719. The first-order valence-electron chi connectivity index (χ1n) is 8.23. The van der Waals surface area contributed by atoms with Crippen molar-refractivity contribution in [2.75, 3.05) is 7.11 Å². The van der Waals surface area contributed by atoms with Gasteiger partial charge in [-0.3, -0.25) is 0 Å². The van der Waals surface area contributed by atoms with Crippen LogP contribution >= 0.6 is 0 Å². The summed E-state index contributed by atoms with van der Waals surface area (Å²) in [6, 6.07) is 10.6. The molecule has 3 rings (SSSR count). The number of fused-ring (bicyclic) bond motifs is 1. The summed E-state index contributed by atoms with van der Waals surface area (Å²) in [4.78, 5) is 11.8. The number of hydrogen-bond acceptors (Lipinski definition) is 3. The Morgan fingerprint density at radius 2 is 1.80 bits per heavy atom. The second-order valence-corrected chi connectivity index (χ2v) is 6.31. The fourth-order valence-corrected chi connectivity index (χ4v) is 3.32. The lowest BCUT2D eigenvalue weighted by Gasteiger charge is -2.30. The van der Waals surface area contributed by atoms with Crippen molar-refractivity contribution in [2.45, 2.75) is 38.0 Å². The monoisotopic (exact) mass is 352 g/mol. The number of alkyl halides is 3. The Hall–Kier alpha value is -2.24. The highest BCUT2D eigenvalue weighted by atomic mass is 19.4. The Morgan fingerprint density at radius 1 is 1.08 bits per heavy atom. The van der Waals surface area contributed by atoms with E-state index in [0.29, 0.717) is 24.2 Å². The maximum Gasteiger partial charge on any atom is 0.391 e. The van der Waals surface area contributed by atoms with Gasteiger partial charge < -0.3 is 9.47 Å². The van der Waals surface area contributed by atoms with Crippen LogP contribution in [0.1, 0.15) is 36.0 Å². The first-order chi connectivity index (χ1) is 11.9. The number of carbonyl (C=O) groups excluding carboxylic acids is 1. The van der Waals surface area contributed by atoms with E-state index < -0.39 is 18.1 Å². The number of rotatable bonds is 3. The van der Waals surface area contributed by atoms with Crippen LogP contribution in [0.4, 0.5) is 13.2 Å². The van der Waals surface area contributed by atoms with Gasteiger partial charge in [0.25, 0.3) is 0 Å². The third-order valence-corrected chi connectivity index (χ3v) is 4.70. The third-order valence-electron chi connectivity index (χ3n) is 4.70. The van der Waals surface area contributed by atoms with Gasteiger partial charge >= 0.3 is 12.1 Å². The number of methoxy groups -OCH3 is 1. The summed E-state index contributed by atoms with van der Waals surface area (Å²) in [6.45, 7) is 0. The summed E-state index contributed by atoms with van der Waals surface area (Å²) in [6.07, 6.45) is -3.32. The molecule has 1 aliphatic rings. The second kappa shape index (κ2) is 6.94. The van der Waals surface area contributed by atoms with Crippen LogP contribution in [0, 0.1) is 5.92 Å². The number of carbonyl (C=O) groups is 1. The zero-order valence-electron chi connectivity index (χ0n) is 13.8. The first-order valence-corrected chi connectivity index (χ1v) is 8.23. The predicted octanol–water partition coefficient (Wildman–Crippen LogP) is 5.13. The smallest absolute Gasteiger partial charge is 0.391 e. The molecule has 25 heavy (non-hydrogen) atoms. The van der Waals surface area contributed by atoms with Crippen molar-refractivity contribution in [3.63, 3.8) is 0 Å². The lowest BCUT2D eigenvalue weighted by atomic mass is 9.87. The fraction of sp³-hybridized carbons (Fsp3) is 0.421. The fourth-order valence-electron chi connectivity index (χ4n) is 3.32. The van der Waals surface area contributed by atoms with Crippen LogP contribution in [-0.4, -0.2) is 25.4 Å². The minimum atomic E-state index is -4.11. The number of hydrogen-bond donors (Lipinski definition) is 0. The normalized spacial score (nSPS) is 21.1. The molecule has 0 N–H and O–H groups in total. The number of esters is 1. The summed E-state index contributed by atoms with van der Waals surface area (Å²) in [5, 5.41) is 1.58. The molecule has 0 amide bonds. The third kappa shape index (κ3) is 3.89. The van der Waals surface area contributed by atoms with Crippen LogP contribution < -0.4 is 4.74 Å². The summed E-state index contributed by atoms with van der Waals surface area (Å²) >= 11 is 0. The van der Waals surface area contributed by atoms with Crippen molar-refractivity contribution in [2.24, 2.45) is 5.92 Å². The molecule has 0 aromatic heterocycles. The van der Waals surface area contributed by atoms with Gasteiger partial charge in [-0.05, 0) is 60.7 Å². The summed E-state index contributed by atoms with van der Waals surface area (Å²) in [5.74, 6) is -1.03. The maximum absolute atomic E-state index is 12.7. The summed E-state index contributed by atoms with van der Waals surface area (Å²) in [7, 11) is 1.33. The molecule has 0 unspecified atom stereocenters. The van der Waals surface area contributed by atoms with E-state index in [2.05, 4.69) is 0 Å². The molecule has 0 atom stereocenters. The largest absolute Gasteiger partial charge is 0.490 e. The molecule has 2 aromatic rings. The average molecular weight is 352 g/mol. The molecule has 134 valence electrons. The van der Waals surface area contributed by atoms with Gasteiger partial charge in [-0.2, -0.15) is 13.2 Å². The van der Waals surface area contributed by atoms with Crippen LogP contribution in [0.5, 0.6) is 5.75 Å². The molecular weight excluding hydrogens is 333 g/mol. The van der Waals surface area contributed by atoms with E-state index in [-0.39, 0.29) is 18.9 Å². The zero-order chi connectivity index (χ0) is 18.0. The predicted molar refractivity (Wildman–Crippen MR) is 87.7 cm³/mol. The van der Waals surface area contributed by atoms with Crippen LogP contribution in [0.15, 0.2) is 36.4 Å². The number of benzene rings is 2. The molecule has 1 aliphatic carbocycles. The first kappa shape index (κ1) is 17.6. The van der Waals surface area contributed by atoms with E-state index in [1.807, 2.05) is 6.07 Å². The Balaban J connectivity index is 1.72. The molecule has 1 fully saturated rings. The highest BCUT2D eigenvalue weighted by molar-refractivity contribution is 6.04. The Bertz CT molecular complexity index is 762. The summed E-state index contributed by atoms with van der Waals surface area (Å²) < 4.78 is 48.8. The van der Waals surface area contributed by atoms with Gasteiger partial charge in [0.2, 0.25) is 0 Å². The minimum Gasteiger partial charge on any atom is -0.490 e. The highest BCUT2D eigenvalue weighted by Crippen LogP contribution is 2.38. The van der Waals surface area contributed by atoms with Gasteiger partial charge in [0.1, 0.15) is 5.75 Å². The van der Waals surface area contributed by atoms with Gasteiger partial charge in [0, 0.05) is 0 Å². The Kier molecular flexibility index (Phi) is 4.88. The highest BCUT2D eigenvalue weighted by Gasteiger charge is 2.41. The maximum atomic E-state index is 12.7. The van der Waals surface area contributed by atoms with Crippen LogP contribution in [0.3, 0.4) is 0 Å². The molecule has 6 heteroatoms. The lowest BCUT2D eigenvalue weighted by Crippen LogP contribution is -2.31. The topological polar surface area (TPSA) is 35.5 Å². The van der Waals surface area contributed by atoms with Crippen molar-refractivity contribution in [1.82, 2.24) is 0 Å². The van der Waals surface area contributed by atoms with Crippen molar-refractivity contribution >= 4 is 16.7 Å². The van der Waals surface area contributed by atoms with Crippen molar-refractivity contribution < 1.29 is 27.4 Å². The Morgan fingerprint density at radius 3 is 2.44 bits per heavy atom. The van der Waals surface area contributed by atoms with Gasteiger partial charge in [0.05, 0.1) is 24.7 Å². The van der Waals surface area contributed by atoms with E-state index in [9.17, 15) is 18.0 Å². The molecule has 2 aromatic carbocycles. The minimum absolute atomic E-state index is 0.105. The van der Waals surface area contributed by atoms with Gasteiger partial charge in [-0.15, -0.1) is 0 Å². The molecule has 0 radical (unpaired) electrons. The molecule has 0 bridgehead atoms. The van der Waals surface area contributed by atoms with Crippen molar-refractivity contribution in [3.05, 3.63) is 42.0 Å². The number of halogens is 3.